The maximum Gasteiger partial charge on any atom is 0 e. The summed E-state index contributed by atoms with van der Waals surface area (Å²) in [4.78, 5) is 0. The first-order valence-corrected chi connectivity index (χ1v) is 2.82. The van der Waals surface area contributed by atoms with Gasteiger partial charge in [0.1, 0.15) is 0 Å². The molecule has 0 aliphatic heterocycles. The first kappa shape index (κ1) is 8.74. The number of aryl methyl sites for hydroxylation is 2. The van der Waals surface area contributed by atoms with Crippen molar-refractivity contribution in [1.29, 1.82) is 0 Å². The summed E-state index contributed by atoms with van der Waals surface area (Å²) >= 11 is 0. The van der Waals surface area contributed by atoms with Crippen molar-refractivity contribution < 1.29 is 17.1 Å². The topological polar surface area (TPSA) is 0 Å². The van der Waals surface area contributed by atoms with Gasteiger partial charge in [-0.05, 0) is 13.8 Å². The van der Waals surface area contributed by atoms with E-state index in [2.05, 4.69) is 38.1 Å². The van der Waals surface area contributed by atoms with Crippen molar-refractivity contribution in [2.75, 3.05) is 0 Å². The zero-order valence-corrected chi connectivity index (χ0v) is 6.77. The fourth-order valence-electron chi connectivity index (χ4n) is 0.807. The molecule has 0 fully saturated rings. The van der Waals surface area contributed by atoms with Gasteiger partial charge >= 0.3 is 0 Å². The summed E-state index contributed by atoms with van der Waals surface area (Å²) in [6, 6.07) is 8.45. The Morgan fingerprint density at radius 3 is 1.67 bits per heavy atom. The molecule has 0 radical (unpaired) electrons. The minimum atomic E-state index is 0. The number of hydrogen-bond acceptors (Lipinski definition) is 0. The van der Waals surface area contributed by atoms with Gasteiger partial charge in [-0.25, -0.2) is 0 Å². The summed E-state index contributed by atoms with van der Waals surface area (Å²) in [5.41, 5.74) is 2.68. The van der Waals surface area contributed by atoms with Crippen LogP contribution >= 0.6 is 0 Å². The maximum atomic E-state index is 2.17. The standard InChI is InChI=1S/C8H10.Fe/c1-7-4-3-5-8(2)6-7;/h3-6H,1-2H3;. The minimum Gasteiger partial charge on any atom is -0.0617 e. The van der Waals surface area contributed by atoms with E-state index in [0.29, 0.717) is 0 Å². The molecule has 0 aromatic heterocycles. The van der Waals surface area contributed by atoms with Crippen LogP contribution in [0, 0.1) is 13.8 Å². The Balaban J connectivity index is 0.000000640. The van der Waals surface area contributed by atoms with E-state index in [-0.39, 0.29) is 17.1 Å². The van der Waals surface area contributed by atoms with Gasteiger partial charge in [-0.3, -0.25) is 0 Å². The van der Waals surface area contributed by atoms with E-state index in [0.717, 1.165) is 0 Å². The number of hydrogen-bond donors (Lipinski definition) is 0. The first-order chi connectivity index (χ1) is 3.79. The van der Waals surface area contributed by atoms with Crippen LogP contribution in [0.2, 0.25) is 0 Å². The van der Waals surface area contributed by atoms with E-state index in [1.165, 1.54) is 11.1 Å². The van der Waals surface area contributed by atoms with Gasteiger partial charge in [0, 0.05) is 17.1 Å². The Labute approximate surface area is 66.8 Å². The predicted octanol–water partition coefficient (Wildman–Crippen LogP) is 2.30. The van der Waals surface area contributed by atoms with Crippen LogP contribution in [-0.2, 0) is 17.1 Å². The second-order valence-corrected chi connectivity index (χ2v) is 2.16. The van der Waals surface area contributed by atoms with Gasteiger partial charge in [-0.2, -0.15) is 0 Å². The Bertz CT molecular complexity index is 164. The molecule has 1 rings (SSSR count). The van der Waals surface area contributed by atoms with Gasteiger partial charge in [-0.15, -0.1) is 0 Å². The molecule has 0 saturated heterocycles. The Hall–Kier alpha value is -0.261. The molecule has 0 heterocycles. The molecule has 0 spiro atoms. The van der Waals surface area contributed by atoms with E-state index in [9.17, 15) is 0 Å². The molecule has 0 atom stereocenters. The maximum absolute atomic E-state index is 2.17. The van der Waals surface area contributed by atoms with Gasteiger partial charge in [0.05, 0.1) is 0 Å². The monoisotopic (exact) mass is 162 g/mol. The van der Waals surface area contributed by atoms with Crippen molar-refractivity contribution in [3.63, 3.8) is 0 Å². The molecule has 1 heteroatoms. The van der Waals surface area contributed by atoms with Crippen molar-refractivity contribution in [1.82, 2.24) is 0 Å². The molecule has 1 aromatic rings. The quantitative estimate of drug-likeness (QED) is 0.513. The molecule has 1 aromatic carbocycles. The molecule has 9 heavy (non-hydrogen) atoms. The second kappa shape index (κ2) is 3.71. The van der Waals surface area contributed by atoms with Crippen LogP contribution in [0.3, 0.4) is 0 Å². The van der Waals surface area contributed by atoms with Gasteiger partial charge in [0.25, 0.3) is 0 Å². The Morgan fingerprint density at radius 2 is 1.44 bits per heavy atom. The van der Waals surface area contributed by atoms with Crippen molar-refractivity contribution in [3.05, 3.63) is 35.4 Å². The molecule has 0 bridgehead atoms. The molecule has 0 unspecified atom stereocenters. The Morgan fingerprint density at radius 1 is 1.00 bits per heavy atom. The summed E-state index contributed by atoms with van der Waals surface area (Å²) in [6.45, 7) is 4.21. The average Bonchev–Trinajstić information content (AvgIpc) is 1.64. The van der Waals surface area contributed by atoms with Crippen LogP contribution in [0.25, 0.3) is 0 Å². The second-order valence-electron chi connectivity index (χ2n) is 2.16. The molecule has 0 nitrogen and oxygen atoms in total. The SMILES string of the molecule is Cc1cccc(C)c1.[Fe]. The zero-order chi connectivity index (χ0) is 5.98. The largest absolute Gasteiger partial charge is 0.0617 e. The smallest absolute Gasteiger partial charge is 0 e. The number of benzene rings is 1. The third-order valence-electron chi connectivity index (χ3n) is 1.17. The molecule has 0 aliphatic carbocycles. The van der Waals surface area contributed by atoms with Crippen LogP contribution < -0.4 is 0 Å². The van der Waals surface area contributed by atoms with Gasteiger partial charge in [-0.1, -0.05) is 35.4 Å². The van der Waals surface area contributed by atoms with E-state index >= 15 is 0 Å². The molecule has 0 aliphatic rings. The average molecular weight is 162 g/mol. The predicted molar refractivity (Wildman–Crippen MR) is 35.9 cm³/mol. The summed E-state index contributed by atoms with van der Waals surface area (Å²) in [5.74, 6) is 0. The third kappa shape index (κ3) is 2.69. The molecule has 0 saturated carbocycles. The molecule has 50 valence electrons. The molecular formula is C8H10Fe. The van der Waals surface area contributed by atoms with E-state index in [1.54, 1.807) is 0 Å². The van der Waals surface area contributed by atoms with Crippen LogP contribution in [0.15, 0.2) is 24.3 Å². The fourth-order valence-corrected chi connectivity index (χ4v) is 0.807. The summed E-state index contributed by atoms with van der Waals surface area (Å²) in [6.07, 6.45) is 0. The molecular weight excluding hydrogens is 152 g/mol. The Kier molecular flexibility index (Phi) is 3.60. The third-order valence-corrected chi connectivity index (χ3v) is 1.17. The summed E-state index contributed by atoms with van der Waals surface area (Å²) in [7, 11) is 0. The molecule has 0 amide bonds. The van der Waals surface area contributed by atoms with Crippen LogP contribution in [0.5, 0.6) is 0 Å². The van der Waals surface area contributed by atoms with E-state index in [1.807, 2.05) is 0 Å². The number of rotatable bonds is 0. The van der Waals surface area contributed by atoms with E-state index < -0.39 is 0 Å². The van der Waals surface area contributed by atoms with Gasteiger partial charge < -0.3 is 0 Å². The zero-order valence-electron chi connectivity index (χ0n) is 5.66. The summed E-state index contributed by atoms with van der Waals surface area (Å²) < 4.78 is 0. The van der Waals surface area contributed by atoms with Gasteiger partial charge in [0.15, 0.2) is 0 Å². The van der Waals surface area contributed by atoms with Gasteiger partial charge in [0.2, 0.25) is 0 Å². The summed E-state index contributed by atoms with van der Waals surface area (Å²) in [5, 5.41) is 0. The molecule has 0 N–H and O–H groups in total. The van der Waals surface area contributed by atoms with Crippen molar-refractivity contribution >= 4 is 0 Å². The van der Waals surface area contributed by atoms with Crippen LogP contribution in [0.4, 0.5) is 0 Å². The van der Waals surface area contributed by atoms with Crippen molar-refractivity contribution in [3.8, 4) is 0 Å². The van der Waals surface area contributed by atoms with E-state index in [4.69, 9.17) is 0 Å². The van der Waals surface area contributed by atoms with Crippen LogP contribution in [-0.4, -0.2) is 0 Å². The van der Waals surface area contributed by atoms with Crippen LogP contribution in [0.1, 0.15) is 11.1 Å². The fraction of sp³-hybridized carbons (Fsp3) is 0.250. The minimum absolute atomic E-state index is 0. The first-order valence-electron chi connectivity index (χ1n) is 2.82. The normalized spacial score (nSPS) is 8.22. The van der Waals surface area contributed by atoms with Crippen molar-refractivity contribution in [2.45, 2.75) is 13.8 Å². The van der Waals surface area contributed by atoms with Crippen molar-refractivity contribution in [2.24, 2.45) is 0 Å².